The first-order chi connectivity index (χ1) is 6.59. The average molecular weight is 194 g/mol. The van der Waals surface area contributed by atoms with Crippen LogP contribution in [0.3, 0.4) is 0 Å². The third-order valence-corrected chi connectivity index (χ3v) is 1.56. The van der Waals surface area contributed by atoms with E-state index in [1.54, 1.807) is 6.07 Å². The Hall–Kier alpha value is -1.91. The van der Waals surface area contributed by atoms with Crippen molar-refractivity contribution in [3.8, 4) is 0 Å². The molecule has 0 saturated carbocycles. The van der Waals surface area contributed by atoms with Gasteiger partial charge in [0.05, 0.1) is 18.3 Å². The first kappa shape index (κ1) is 10.2. The number of nitrogens with zero attached hydrogens (tertiary/aromatic N) is 1. The number of hydrogen-bond acceptors (Lipinski definition) is 3. The summed E-state index contributed by atoms with van der Waals surface area (Å²) in [6.45, 7) is 1.36. The molecule has 0 aliphatic carbocycles. The van der Waals surface area contributed by atoms with Gasteiger partial charge in [-0.25, -0.2) is 0 Å². The smallest absolute Gasteiger partial charge is 0.307 e. The summed E-state index contributed by atoms with van der Waals surface area (Å²) < 4.78 is 0. The second-order valence-corrected chi connectivity index (χ2v) is 2.78. The molecule has 74 valence electrons. The lowest BCUT2D eigenvalue weighted by molar-refractivity contribution is -0.136. The molecule has 0 saturated heterocycles. The minimum absolute atomic E-state index is 0.127. The topological polar surface area (TPSA) is 79.3 Å². The Morgan fingerprint density at radius 3 is 2.86 bits per heavy atom. The number of hydrogen-bond donors (Lipinski definition) is 2. The fourth-order valence-electron chi connectivity index (χ4n) is 1.04. The van der Waals surface area contributed by atoms with Crippen molar-refractivity contribution < 1.29 is 14.7 Å². The lowest BCUT2D eigenvalue weighted by Crippen LogP contribution is -2.10. The van der Waals surface area contributed by atoms with Gasteiger partial charge in [0.1, 0.15) is 0 Å². The molecule has 1 heterocycles. The van der Waals surface area contributed by atoms with E-state index in [2.05, 4.69) is 10.3 Å². The van der Waals surface area contributed by atoms with Crippen molar-refractivity contribution in [2.75, 3.05) is 5.32 Å². The van der Waals surface area contributed by atoms with E-state index in [-0.39, 0.29) is 12.3 Å². The van der Waals surface area contributed by atoms with Gasteiger partial charge in [0, 0.05) is 13.1 Å². The van der Waals surface area contributed by atoms with Crippen molar-refractivity contribution in [1.82, 2.24) is 4.98 Å². The van der Waals surface area contributed by atoms with Gasteiger partial charge < -0.3 is 10.4 Å². The Morgan fingerprint density at radius 2 is 2.29 bits per heavy atom. The molecule has 1 rings (SSSR count). The first-order valence-electron chi connectivity index (χ1n) is 4.02. The van der Waals surface area contributed by atoms with Gasteiger partial charge in [0.2, 0.25) is 5.91 Å². The summed E-state index contributed by atoms with van der Waals surface area (Å²) in [6.07, 6.45) is 2.79. The van der Waals surface area contributed by atoms with E-state index in [1.165, 1.54) is 19.3 Å². The van der Waals surface area contributed by atoms with Crippen molar-refractivity contribution in [3.63, 3.8) is 0 Å². The van der Waals surface area contributed by atoms with Gasteiger partial charge in [-0.15, -0.1) is 0 Å². The molecule has 0 bridgehead atoms. The number of pyridine rings is 1. The number of aromatic nitrogens is 1. The standard InChI is InChI=1S/C9H10N2O3/c1-6(12)11-8-5-10-3-2-7(8)4-9(13)14/h2-3,5H,4H2,1H3,(H,11,12)(H,13,14). The first-order valence-corrected chi connectivity index (χ1v) is 4.02. The third kappa shape index (κ3) is 2.85. The molecule has 2 N–H and O–H groups in total. The zero-order valence-corrected chi connectivity index (χ0v) is 7.65. The van der Waals surface area contributed by atoms with Crippen molar-refractivity contribution in [2.45, 2.75) is 13.3 Å². The van der Waals surface area contributed by atoms with Gasteiger partial charge >= 0.3 is 5.97 Å². The van der Waals surface area contributed by atoms with Crippen LogP contribution in [-0.2, 0) is 16.0 Å². The average Bonchev–Trinajstić information content (AvgIpc) is 2.06. The molecule has 0 spiro atoms. The summed E-state index contributed by atoms with van der Waals surface area (Å²) in [5.41, 5.74) is 0.991. The number of nitrogens with one attached hydrogen (secondary N) is 1. The highest BCUT2D eigenvalue weighted by atomic mass is 16.4. The van der Waals surface area contributed by atoms with Crippen LogP contribution in [0.4, 0.5) is 5.69 Å². The number of carbonyl (C=O) groups is 2. The van der Waals surface area contributed by atoms with Crippen molar-refractivity contribution in [2.24, 2.45) is 0 Å². The lowest BCUT2D eigenvalue weighted by Gasteiger charge is -2.06. The van der Waals surface area contributed by atoms with Gasteiger partial charge in [-0.3, -0.25) is 14.6 Å². The fraction of sp³-hybridized carbons (Fsp3) is 0.222. The van der Waals surface area contributed by atoms with Crippen LogP contribution in [0.15, 0.2) is 18.5 Å². The highest BCUT2D eigenvalue weighted by Crippen LogP contribution is 2.13. The minimum atomic E-state index is -0.942. The maximum Gasteiger partial charge on any atom is 0.307 e. The zero-order chi connectivity index (χ0) is 10.6. The molecule has 0 aliphatic rings. The molecule has 5 heteroatoms. The molecule has 1 aromatic heterocycles. The molecule has 0 aliphatic heterocycles. The molecular weight excluding hydrogens is 184 g/mol. The molecule has 5 nitrogen and oxygen atoms in total. The number of carboxylic acid groups (broad SMARTS) is 1. The molecule has 0 unspecified atom stereocenters. The van der Waals surface area contributed by atoms with Gasteiger partial charge in [-0.1, -0.05) is 0 Å². The number of carboxylic acids is 1. The van der Waals surface area contributed by atoms with Crippen LogP contribution in [0.25, 0.3) is 0 Å². The second kappa shape index (κ2) is 4.36. The predicted molar refractivity (Wildman–Crippen MR) is 49.9 cm³/mol. The predicted octanol–water partition coefficient (Wildman–Crippen LogP) is 0.667. The summed E-state index contributed by atoms with van der Waals surface area (Å²) in [4.78, 5) is 25.0. The maximum absolute atomic E-state index is 10.8. The van der Waals surface area contributed by atoms with E-state index in [4.69, 9.17) is 5.11 Å². The summed E-state index contributed by atoms with van der Waals surface area (Å²) in [5, 5.41) is 11.1. The minimum Gasteiger partial charge on any atom is -0.481 e. The summed E-state index contributed by atoms with van der Waals surface area (Å²) >= 11 is 0. The molecule has 0 radical (unpaired) electrons. The van der Waals surface area contributed by atoms with Crippen molar-refractivity contribution in [1.29, 1.82) is 0 Å². The zero-order valence-electron chi connectivity index (χ0n) is 7.65. The Labute approximate surface area is 80.8 Å². The van der Waals surface area contributed by atoms with Crippen LogP contribution in [0.1, 0.15) is 12.5 Å². The number of anilines is 1. The second-order valence-electron chi connectivity index (χ2n) is 2.78. The number of amides is 1. The van der Waals surface area contributed by atoms with E-state index in [0.29, 0.717) is 11.3 Å². The van der Waals surface area contributed by atoms with E-state index in [1.807, 2.05) is 0 Å². The monoisotopic (exact) mass is 194 g/mol. The van der Waals surface area contributed by atoms with E-state index in [0.717, 1.165) is 0 Å². The van der Waals surface area contributed by atoms with E-state index >= 15 is 0 Å². The third-order valence-electron chi connectivity index (χ3n) is 1.56. The fourth-order valence-corrected chi connectivity index (χ4v) is 1.04. The van der Waals surface area contributed by atoms with Crippen LogP contribution >= 0.6 is 0 Å². The van der Waals surface area contributed by atoms with Crippen LogP contribution in [0.5, 0.6) is 0 Å². The molecule has 1 amide bonds. The van der Waals surface area contributed by atoms with Crippen LogP contribution in [0, 0.1) is 0 Å². The Morgan fingerprint density at radius 1 is 1.57 bits per heavy atom. The summed E-state index contributed by atoms with van der Waals surface area (Å²) in [6, 6.07) is 1.57. The summed E-state index contributed by atoms with van der Waals surface area (Å²) in [5.74, 6) is -1.19. The molecule has 0 aromatic carbocycles. The van der Waals surface area contributed by atoms with Gasteiger partial charge in [-0.2, -0.15) is 0 Å². The van der Waals surface area contributed by atoms with Crippen LogP contribution < -0.4 is 5.32 Å². The van der Waals surface area contributed by atoms with Crippen LogP contribution in [0.2, 0.25) is 0 Å². The highest BCUT2D eigenvalue weighted by Gasteiger charge is 2.07. The normalized spacial score (nSPS) is 9.50. The largest absolute Gasteiger partial charge is 0.481 e. The quantitative estimate of drug-likeness (QED) is 0.741. The molecule has 14 heavy (non-hydrogen) atoms. The van der Waals surface area contributed by atoms with Gasteiger partial charge in [0.25, 0.3) is 0 Å². The number of rotatable bonds is 3. The molecule has 1 aromatic rings. The van der Waals surface area contributed by atoms with Crippen molar-refractivity contribution >= 4 is 17.6 Å². The Balaban J connectivity index is 2.90. The summed E-state index contributed by atoms with van der Waals surface area (Å²) in [7, 11) is 0. The van der Waals surface area contributed by atoms with E-state index in [9.17, 15) is 9.59 Å². The van der Waals surface area contributed by atoms with Crippen molar-refractivity contribution in [3.05, 3.63) is 24.0 Å². The molecule has 0 fully saturated rings. The van der Waals surface area contributed by atoms with E-state index < -0.39 is 5.97 Å². The SMILES string of the molecule is CC(=O)Nc1cnccc1CC(=O)O. The highest BCUT2D eigenvalue weighted by molar-refractivity contribution is 5.90. The van der Waals surface area contributed by atoms with Crippen LogP contribution in [-0.4, -0.2) is 22.0 Å². The molecular formula is C9H10N2O3. The number of aliphatic carboxylic acids is 1. The van der Waals surface area contributed by atoms with Gasteiger partial charge in [0.15, 0.2) is 0 Å². The maximum atomic E-state index is 10.8. The lowest BCUT2D eigenvalue weighted by atomic mass is 10.1. The van der Waals surface area contributed by atoms with Gasteiger partial charge in [-0.05, 0) is 11.6 Å². The number of carbonyl (C=O) groups excluding carboxylic acids is 1. The molecule has 0 atom stereocenters. The Bertz CT molecular complexity index is 328. The Kier molecular flexibility index (Phi) is 3.17.